The summed E-state index contributed by atoms with van der Waals surface area (Å²) in [6.45, 7) is 2.58. The van der Waals surface area contributed by atoms with Crippen molar-refractivity contribution in [3.63, 3.8) is 0 Å². The zero-order chi connectivity index (χ0) is 18.3. The number of nitrogens with one attached hydrogen (secondary N) is 1. The van der Waals surface area contributed by atoms with E-state index in [2.05, 4.69) is 11.4 Å². The van der Waals surface area contributed by atoms with Crippen molar-refractivity contribution < 1.29 is 9.21 Å². The monoisotopic (exact) mass is 351 g/mol. The summed E-state index contributed by atoms with van der Waals surface area (Å²) in [4.78, 5) is 26.5. The van der Waals surface area contributed by atoms with Crippen LogP contribution >= 0.6 is 0 Å². The van der Waals surface area contributed by atoms with Crippen LogP contribution < -0.4 is 16.0 Å². The molecule has 1 aromatic heterocycles. The SMILES string of the molecule is CC(Nc1ccc2c(c1)oc(=O)n2C)C(=O)N1CCCc2ccccc21. The molecule has 2 heterocycles. The second kappa shape index (κ2) is 6.37. The number of hydrogen-bond donors (Lipinski definition) is 1. The van der Waals surface area contributed by atoms with Gasteiger partial charge in [0.25, 0.3) is 0 Å². The van der Waals surface area contributed by atoms with E-state index < -0.39 is 11.8 Å². The van der Waals surface area contributed by atoms with E-state index in [0.717, 1.165) is 36.3 Å². The Labute approximate surface area is 151 Å². The average molecular weight is 351 g/mol. The molecule has 1 atom stereocenters. The molecule has 6 heteroatoms. The van der Waals surface area contributed by atoms with Crippen molar-refractivity contribution in [2.75, 3.05) is 16.8 Å². The molecular weight excluding hydrogens is 330 g/mol. The van der Waals surface area contributed by atoms with Gasteiger partial charge >= 0.3 is 5.76 Å². The van der Waals surface area contributed by atoms with Crippen molar-refractivity contribution >= 4 is 28.4 Å². The number of carbonyl (C=O) groups excluding carboxylic acids is 1. The van der Waals surface area contributed by atoms with Gasteiger partial charge in [0.15, 0.2) is 5.58 Å². The van der Waals surface area contributed by atoms with Gasteiger partial charge in [-0.05, 0) is 43.5 Å². The van der Waals surface area contributed by atoms with E-state index in [4.69, 9.17) is 4.42 Å². The van der Waals surface area contributed by atoms with Crippen molar-refractivity contribution in [2.24, 2.45) is 7.05 Å². The van der Waals surface area contributed by atoms with Crippen LogP contribution in [0, 0.1) is 0 Å². The van der Waals surface area contributed by atoms with Gasteiger partial charge in [-0.25, -0.2) is 4.79 Å². The Kier molecular flexibility index (Phi) is 4.03. The second-order valence-corrected chi connectivity index (χ2v) is 6.70. The number of oxazole rings is 1. The van der Waals surface area contributed by atoms with Crippen LogP contribution in [0.4, 0.5) is 11.4 Å². The molecule has 1 N–H and O–H groups in total. The largest absolute Gasteiger partial charge is 0.419 e. The maximum atomic E-state index is 13.0. The minimum atomic E-state index is -0.397. The van der Waals surface area contributed by atoms with E-state index in [9.17, 15) is 9.59 Å². The molecule has 2 aromatic carbocycles. The molecule has 26 heavy (non-hydrogen) atoms. The predicted molar refractivity (Wildman–Crippen MR) is 102 cm³/mol. The van der Waals surface area contributed by atoms with Gasteiger partial charge in [0.2, 0.25) is 5.91 Å². The summed E-state index contributed by atoms with van der Waals surface area (Å²) in [5.41, 5.74) is 4.20. The number of rotatable bonds is 3. The predicted octanol–water partition coefficient (Wildman–Crippen LogP) is 2.91. The van der Waals surface area contributed by atoms with Crippen molar-refractivity contribution in [3.8, 4) is 0 Å². The lowest BCUT2D eigenvalue weighted by Crippen LogP contribution is -2.44. The molecule has 0 aliphatic carbocycles. The fourth-order valence-electron chi connectivity index (χ4n) is 3.53. The highest BCUT2D eigenvalue weighted by Crippen LogP contribution is 2.27. The Morgan fingerprint density at radius 1 is 1.23 bits per heavy atom. The van der Waals surface area contributed by atoms with Gasteiger partial charge in [0, 0.05) is 31.0 Å². The lowest BCUT2D eigenvalue weighted by Gasteiger charge is -2.31. The zero-order valence-corrected chi connectivity index (χ0v) is 14.9. The summed E-state index contributed by atoms with van der Waals surface area (Å²) in [6, 6.07) is 13.1. The van der Waals surface area contributed by atoms with Crippen molar-refractivity contribution in [3.05, 3.63) is 58.6 Å². The van der Waals surface area contributed by atoms with E-state index >= 15 is 0 Å². The Morgan fingerprint density at radius 3 is 2.88 bits per heavy atom. The smallest absolute Gasteiger partial charge is 0.408 e. The third-order valence-electron chi connectivity index (χ3n) is 4.92. The minimum absolute atomic E-state index is 0.0340. The number of carbonyl (C=O) groups is 1. The molecular formula is C20H21N3O3. The van der Waals surface area contributed by atoms with Gasteiger partial charge in [0.1, 0.15) is 6.04 Å². The number of anilines is 2. The number of amides is 1. The summed E-state index contributed by atoms with van der Waals surface area (Å²) in [6.07, 6.45) is 1.97. The maximum Gasteiger partial charge on any atom is 0.419 e. The Morgan fingerprint density at radius 2 is 2.04 bits per heavy atom. The van der Waals surface area contributed by atoms with Gasteiger partial charge in [-0.3, -0.25) is 9.36 Å². The van der Waals surface area contributed by atoms with E-state index in [0.29, 0.717) is 5.58 Å². The van der Waals surface area contributed by atoms with Crippen LogP contribution in [0.3, 0.4) is 0 Å². The molecule has 1 amide bonds. The molecule has 6 nitrogen and oxygen atoms in total. The fourth-order valence-corrected chi connectivity index (χ4v) is 3.53. The molecule has 1 unspecified atom stereocenters. The lowest BCUT2D eigenvalue weighted by molar-refractivity contribution is -0.119. The molecule has 4 rings (SSSR count). The zero-order valence-electron chi connectivity index (χ0n) is 14.9. The lowest BCUT2D eigenvalue weighted by atomic mass is 10.0. The quantitative estimate of drug-likeness (QED) is 0.788. The first-order valence-electron chi connectivity index (χ1n) is 8.80. The van der Waals surface area contributed by atoms with Crippen LogP contribution in [0.25, 0.3) is 11.1 Å². The number of aromatic nitrogens is 1. The van der Waals surface area contributed by atoms with Crippen LogP contribution in [-0.4, -0.2) is 23.1 Å². The van der Waals surface area contributed by atoms with Gasteiger partial charge in [-0.15, -0.1) is 0 Å². The molecule has 3 aromatic rings. The third-order valence-corrected chi connectivity index (χ3v) is 4.92. The number of para-hydroxylation sites is 1. The van der Waals surface area contributed by atoms with Crippen LogP contribution in [-0.2, 0) is 18.3 Å². The summed E-state index contributed by atoms with van der Waals surface area (Å²) < 4.78 is 6.67. The molecule has 1 aliphatic rings. The number of fused-ring (bicyclic) bond motifs is 2. The van der Waals surface area contributed by atoms with Gasteiger partial charge < -0.3 is 14.6 Å². The first kappa shape index (κ1) is 16.4. The standard InChI is InChI=1S/C20H21N3O3/c1-13(19(24)23-11-5-7-14-6-3-4-8-16(14)23)21-15-9-10-17-18(12-15)26-20(25)22(17)2/h3-4,6,8-10,12-13,21H,5,7,11H2,1-2H3. The Balaban J connectivity index is 1.56. The number of nitrogens with zero attached hydrogens (tertiary/aromatic N) is 2. The molecule has 1 aliphatic heterocycles. The Hall–Kier alpha value is -3.02. The Bertz CT molecular complexity index is 1030. The minimum Gasteiger partial charge on any atom is -0.408 e. The number of aryl methyl sites for hydroxylation is 2. The van der Waals surface area contributed by atoms with Crippen molar-refractivity contribution in [2.45, 2.75) is 25.8 Å². The summed E-state index contributed by atoms with van der Waals surface area (Å²) in [7, 11) is 1.67. The topological polar surface area (TPSA) is 67.5 Å². The highest BCUT2D eigenvalue weighted by molar-refractivity contribution is 5.99. The van der Waals surface area contributed by atoms with Gasteiger partial charge in [0.05, 0.1) is 5.52 Å². The van der Waals surface area contributed by atoms with Crippen LogP contribution in [0.5, 0.6) is 0 Å². The summed E-state index contributed by atoms with van der Waals surface area (Å²) in [5.74, 6) is -0.363. The van der Waals surface area contributed by atoms with Crippen molar-refractivity contribution in [1.82, 2.24) is 4.57 Å². The number of benzene rings is 2. The van der Waals surface area contributed by atoms with Gasteiger partial charge in [-0.1, -0.05) is 18.2 Å². The normalized spacial score (nSPS) is 14.9. The van der Waals surface area contributed by atoms with Crippen molar-refractivity contribution in [1.29, 1.82) is 0 Å². The fraction of sp³-hybridized carbons (Fsp3) is 0.300. The first-order chi connectivity index (χ1) is 12.5. The van der Waals surface area contributed by atoms with E-state index in [1.807, 2.05) is 42.2 Å². The van der Waals surface area contributed by atoms with Crippen LogP contribution in [0.2, 0.25) is 0 Å². The van der Waals surface area contributed by atoms with E-state index in [-0.39, 0.29) is 5.91 Å². The van der Waals surface area contributed by atoms with Gasteiger partial charge in [-0.2, -0.15) is 0 Å². The first-order valence-corrected chi connectivity index (χ1v) is 8.80. The molecule has 0 fully saturated rings. The molecule has 134 valence electrons. The highest BCUT2D eigenvalue weighted by Gasteiger charge is 2.26. The molecule has 0 radical (unpaired) electrons. The van der Waals surface area contributed by atoms with Crippen LogP contribution in [0.1, 0.15) is 18.9 Å². The summed E-state index contributed by atoms with van der Waals surface area (Å²) in [5, 5.41) is 3.23. The average Bonchev–Trinajstić information content (AvgIpc) is 2.94. The van der Waals surface area contributed by atoms with Crippen LogP contribution in [0.15, 0.2) is 51.7 Å². The third kappa shape index (κ3) is 2.77. The molecule has 0 saturated heterocycles. The molecule has 0 bridgehead atoms. The van der Waals surface area contributed by atoms with E-state index in [1.165, 1.54) is 10.1 Å². The van der Waals surface area contributed by atoms with E-state index in [1.54, 1.807) is 13.1 Å². The molecule has 0 saturated carbocycles. The number of hydrogen-bond acceptors (Lipinski definition) is 4. The summed E-state index contributed by atoms with van der Waals surface area (Å²) >= 11 is 0. The second-order valence-electron chi connectivity index (χ2n) is 6.70. The maximum absolute atomic E-state index is 13.0. The highest BCUT2D eigenvalue weighted by atomic mass is 16.4. The molecule has 0 spiro atoms.